The molecule has 4 heteroatoms. The van der Waals surface area contributed by atoms with Gasteiger partial charge in [-0.3, -0.25) is 4.79 Å². The van der Waals surface area contributed by atoms with Crippen LogP contribution in [0.1, 0.15) is 20.8 Å². The average molecular weight is 268 g/mol. The van der Waals surface area contributed by atoms with Crippen LogP contribution in [0.15, 0.2) is 23.8 Å². The summed E-state index contributed by atoms with van der Waals surface area (Å²) in [7, 11) is 0. The topological polar surface area (TPSA) is 17.1 Å². The monoisotopic (exact) mass is 266 g/mol. The normalized spacial score (nSPS) is 27.1. The zero-order valence-corrected chi connectivity index (χ0v) is 11.1. The Morgan fingerprint density at radius 1 is 1.33 bits per heavy atom. The molecular formula is C11H13Cl3O. The second kappa shape index (κ2) is 4.12. The highest BCUT2D eigenvalue weighted by Crippen LogP contribution is 2.53. The fourth-order valence-corrected chi connectivity index (χ4v) is 2.24. The lowest BCUT2D eigenvalue weighted by atomic mass is 9.74. The van der Waals surface area contributed by atoms with E-state index in [2.05, 4.69) is 0 Å². The Bertz CT molecular complexity index is 336. The number of hydrogen-bond donors (Lipinski definition) is 0. The van der Waals surface area contributed by atoms with E-state index >= 15 is 0 Å². The van der Waals surface area contributed by atoms with Gasteiger partial charge in [-0.05, 0) is 30.6 Å². The summed E-state index contributed by atoms with van der Waals surface area (Å²) >= 11 is 17.9. The Balaban J connectivity index is 3.24. The van der Waals surface area contributed by atoms with Crippen molar-refractivity contribution in [1.82, 2.24) is 0 Å². The zero-order chi connectivity index (χ0) is 11.9. The summed E-state index contributed by atoms with van der Waals surface area (Å²) in [5, 5.41) is 0. The van der Waals surface area contributed by atoms with Gasteiger partial charge in [0.1, 0.15) is 0 Å². The molecule has 1 atom stereocenters. The number of allylic oxidation sites excluding steroid dienone is 4. The van der Waals surface area contributed by atoms with E-state index < -0.39 is 9.21 Å². The minimum Gasteiger partial charge on any atom is -0.290 e. The van der Waals surface area contributed by atoms with Crippen molar-refractivity contribution in [2.24, 2.45) is 11.3 Å². The molecule has 0 aromatic rings. The highest BCUT2D eigenvalue weighted by Gasteiger charge is 2.47. The van der Waals surface area contributed by atoms with Crippen molar-refractivity contribution in [3.8, 4) is 0 Å². The minimum atomic E-state index is -1.44. The van der Waals surface area contributed by atoms with Crippen molar-refractivity contribution >= 4 is 40.6 Å². The van der Waals surface area contributed by atoms with Gasteiger partial charge in [-0.2, -0.15) is 0 Å². The van der Waals surface area contributed by atoms with E-state index in [1.165, 1.54) is 6.08 Å². The molecule has 0 saturated carbocycles. The first kappa shape index (κ1) is 13.1. The van der Waals surface area contributed by atoms with Gasteiger partial charge in [-0.1, -0.05) is 54.7 Å². The van der Waals surface area contributed by atoms with Gasteiger partial charge in [0.15, 0.2) is 5.78 Å². The standard InChI is InChI=1S/C11H13Cl3O/c1-7(2)9-6-8(15)4-5-10(9,3)11(12,13)14/h4-7H,1-3H3/t10-/m1/s1. The SMILES string of the molecule is CC(C)C1=CC(=O)C=C[C@@]1(C)C(Cl)(Cl)Cl. The number of alkyl halides is 3. The summed E-state index contributed by atoms with van der Waals surface area (Å²) in [5.74, 6) is 0.116. The lowest BCUT2D eigenvalue weighted by Gasteiger charge is -2.39. The smallest absolute Gasteiger partial charge is 0.202 e. The van der Waals surface area contributed by atoms with Gasteiger partial charge in [-0.25, -0.2) is 0 Å². The van der Waals surface area contributed by atoms with Crippen molar-refractivity contribution in [2.45, 2.75) is 24.6 Å². The van der Waals surface area contributed by atoms with Crippen LogP contribution in [0.4, 0.5) is 0 Å². The second-order valence-corrected chi connectivity index (χ2v) is 6.47. The van der Waals surface area contributed by atoms with Gasteiger partial charge in [0.25, 0.3) is 0 Å². The summed E-state index contributed by atoms with van der Waals surface area (Å²) < 4.78 is -1.44. The quantitative estimate of drug-likeness (QED) is 0.654. The molecule has 0 amide bonds. The zero-order valence-electron chi connectivity index (χ0n) is 8.85. The maximum absolute atomic E-state index is 11.3. The van der Waals surface area contributed by atoms with E-state index in [4.69, 9.17) is 34.8 Å². The van der Waals surface area contributed by atoms with Crippen LogP contribution in [-0.4, -0.2) is 9.58 Å². The number of ketones is 1. The van der Waals surface area contributed by atoms with Crippen LogP contribution in [0.5, 0.6) is 0 Å². The second-order valence-electron chi connectivity index (χ2n) is 4.19. The molecule has 0 radical (unpaired) electrons. The van der Waals surface area contributed by atoms with Crippen LogP contribution in [0.2, 0.25) is 0 Å². The van der Waals surface area contributed by atoms with Gasteiger partial charge in [0, 0.05) is 0 Å². The predicted octanol–water partition coefficient (Wildman–Crippen LogP) is 4.08. The first-order valence-corrected chi connectivity index (χ1v) is 5.84. The maximum atomic E-state index is 11.3. The third-order valence-corrected chi connectivity index (χ3v) is 3.87. The third kappa shape index (κ3) is 2.41. The molecule has 0 spiro atoms. The van der Waals surface area contributed by atoms with Crippen LogP contribution < -0.4 is 0 Å². The molecule has 0 N–H and O–H groups in total. The Kier molecular flexibility index (Phi) is 3.59. The number of carbonyl (C=O) groups excluding carboxylic acids is 1. The van der Waals surface area contributed by atoms with Crippen LogP contribution in [0.3, 0.4) is 0 Å². The summed E-state index contributed by atoms with van der Waals surface area (Å²) in [4.78, 5) is 11.3. The highest BCUT2D eigenvalue weighted by molar-refractivity contribution is 6.68. The number of hydrogen-bond acceptors (Lipinski definition) is 1. The van der Waals surface area contributed by atoms with Crippen molar-refractivity contribution in [1.29, 1.82) is 0 Å². The van der Waals surface area contributed by atoms with Crippen molar-refractivity contribution in [3.05, 3.63) is 23.8 Å². The van der Waals surface area contributed by atoms with Gasteiger partial charge in [0.05, 0.1) is 5.41 Å². The predicted molar refractivity (Wildman–Crippen MR) is 65.5 cm³/mol. The molecule has 1 nitrogen and oxygen atoms in total. The molecule has 1 rings (SSSR count). The molecular weight excluding hydrogens is 254 g/mol. The van der Waals surface area contributed by atoms with Crippen molar-refractivity contribution < 1.29 is 4.79 Å². The van der Waals surface area contributed by atoms with E-state index in [9.17, 15) is 4.79 Å². The van der Waals surface area contributed by atoms with E-state index in [1.807, 2.05) is 20.8 Å². The molecule has 0 aliphatic heterocycles. The van der Waals surface area contributed by atoms with Gasteiger partial charge >= 0.3 is 0 Å². The molecule has 0 aromatic heterocycles. The fourth-order valence-electron chi connectivity index (χ4n) is 1.72. The molecule has 0 aromatic carbocycles. The van der Waals surface area contributed by atoms with Crippen LogP contribution >= 0.6 is 34.8 Å². The van der Waals surface area contributed by atoms with E-state index in [1.54, 1.807) is 12.2 Å². The first-order valence-electron chi connectivity index (χ1n) is 4.70. The molecule has 84 valence electrons. The molecule has 0 unspecified atom stereocenters. The maximum Gasteiger partial charge on any atom is 0.202 e. The molecule has 0 saturated heterocycles. The summed E-state index contributed by atoms with van der Waals surface area (Å²) in [6.45, 7) is 5.79. The lowest BCUT2D eigenvalue weighted by molar-refractivity contribution is -0.110. The number of halogens is 3. The Hall–Kier alpha value is 0.0200. The summed E-state index contributed by atoms with van der Waals surface area (Å²) in [5.41, 5.74) is 0.148. The molecule has 1 aliphatic carbocycles. The summed E-state index contributed by atoms with van der Waals surface area (Å²) in [6, 6.07) is 0. The van der Waals surface area contributed by atoms with E-state index in [-0.39, 0.29) is 11.7 Å². The Morgan fingerprint density at radius 3 is 2.27 bits per heavy atom. The molecule has 0 heterocycles. The third-order valence-electron chi connectivity index (χ3n) is 2.69. The fraction of sp³-hybridized carbons (Fsp3) is 0.545. The summed E-state index contributed by atoms with van der Waals surface area (Å²) in [6.07, 6.45) is 4.69. The lowest BCUT2D eigenvalue weighted by Crippen LogP contribution is -2.36. The molecule has 0 fully saturated rings. The molecule has 0 bridgehead atoms. The van der Waals surface area contributed by atoms with Gasteiger partial charge in [0.2, 0.25) is 3.79 Å². The van der Waals surface area contributed by atoms with Gasteiger partial charge < -0.3 is 0 Å². The average Bonchev–Trinajstić information content (AvgIpc) is 2.07. The largest absolute Gasteiger partial charge is 0.290 e. The number of carbonyl (C=O) groups is 1. The minimum absolute atomic E-state index is 0.0505. The van der Waals surface area contributed by atoms with Crippen LogP contribution in [0, 0.1) is 11.3 Å². The van der Waals surface area contributed by atoms with Crippen LogP contribution in [-0.2, 0) is 4.79 Å². The molecule has 15 heavy (non-hydrogen) atoms. The van der Waals surface area contributed by atoms with E-state index in [0.29, 0.717) is 0 Å². The molecule has 1 aliphatic rings. The first-order chi connectivity index (χ1) is 6.68. The van der Waals surface area contributed by atoms with Crippen LogP contribution in [0.25, 0.3) is 0 Å². The van der Waals surface area contributed by atoms with E-state index in [0.717, 1.165) is 5.57 Å². The Morgan fingerprint density at radius 2 is 1.87 bits per heavy atom. The Labute approximate surface area is 105 Å². The number of rotatable bonds is 1. The highest BCUT2D eigenvalue weighted by atomic mass is 35.6. The van der Waals surface area contributed by atoms with Crippen molar-refractivity contribution in [2.75, 3.05) is 0 Å². The van der Waals surface area contributed by atoms with Crippen molar-refractivity contribution in [3.63, 3.8) is 0 Å². The van der Waals surface area contributed by atoms with Gasteiger partial charge in [-0.15, -0.1) is 0 Å².